The Morgan fingerprint density at radius 1 is 1.22 bits per heavy atom. The number of ether oxygens (including phenoxy) is 1. The first kappa shape index (κ1) is 26.7. The minimum atomic E-state index is -0.734. The molecule has 1 aromatic carbocycles. The minimum absolute atomic E-state index is 0.0130. The zero-order chi connectivity index (χ0) is 26.8. The average Bonchev–Trinajstić information content (AvgIpc) is 3.11. The predicted molar refractivity (Wildman–Crippen MR) is 135 cm³/mol. The van der Waals surface area contributed by atoms with E-state index in [2.05, 4.69) is 20.3 Å². The van der Waals surface area contributed by atoms with Gasteiger partial charge in [-0.1, -0.05) is 12.2 Å². The number of guanidine groups is 1. The zero-order valence-electron chi connectivity index (χ0n) is 20.3. The van der Waals surface area contributed by atoms with Crippen LogP contribution in [0.3, 0.4) is 0 Å². The maximum atomic E-state index is 13.5. The summed E-state index contributed by atoms with van der Waals surface area (Å²) in [5.41, 5.74) is 6.25. The number of hydrogen-bond donors (Lipinski definition) is 2. The van der Waals surface area contributed by atoms with Gasteiger partial charge in [-0.05, 0) is 55.3 Å². The van der Waals surface area contributed by atoms with E-state index in [1.165, 1.54) is 34.3 Å². The quantitative estimate of drug-likeness (QED) is 0.319. The molecule has 0 fully saturated rings. The molecule has 0 radical (unpaired) electrons. The van der Waals surface area contributed by atoms with Crippen molar-refractivity contribution in [2.75, 3.05) is 20.1 Å². The fourth-order valence-corrected chi connectivity index (χ4v) is 2.97. The number of aliphatic imine (C=N–C) groups is 1. The normalized spacial score (nSPS) is 13.1. The minimum Gasteiger partial charge on any atom is -0.437 e. The highest BCUT2D eigenvalue weighted by Crippen LogP contribution is 2.23. The van der Waals surface area contributed by atoms with E-state index in [0.717, 1.165) is 0 Å². The summed E-state index contributed by atoms with van der Waals surface area (Å²) >= 11 is 0. The maximum absolute atomic E-state index is 13.5. The molecule has 0 bridgehead atoms. The Balaban J connectivity index is 1.84. The Morgan fingerprint density at radius 3 is 2.65 bits per heavy atom. The zero-order valence-corrected chi connectivity index (χ0v) is 20.3. The number of halogens is 1. The first-order valence-electron chi connectivity index (χ1n) is 11.2. The number of allylic oxidation sites excluding steroid dienone is 4. The molecule has 0 spiro atoms. The molecule has 1 aromatic heterocycles. The van der Waals surface area contributed by atoms with E-state index in [0.29, 0.717) is 36.4 Å². The van der Waals surface area contributed by atoms with Gasteiger partial charge in [0.1, 0.15) is 17.3 Å². The van der Waals surface area contributed by atoms with Gasteiger partial charge in [0.15, 0.2) is 0 Å². The molecule has 0 saturated carbocycles. The number of nitrogens with one attached hydrogen (secondary N) is 1. The Hall–Kier alpha value is -4.87. The van der Waals surface area contributed by atoms with Crippen molar-refractivity contribution in [1.29, 1.82) is 0 Å². The highest BCUT2D eigenvalue weighted by Gasteiger charge is 2.18. The largest absolute Gasteiger partial charge is 0.437 e. The van der Waals surface area contributed by atoms with Crippen molar-refractivity contribution in [3.05, 3.63) is 78.1 Å². The number of nitrogens with zero attached hydrogens (tertiary/aromatic N) is 5. The van der Waals surface area contributed by atoms with Crippen molar-refractivity contribution in [3.63, 3.8) is 0 Å². The van der Waals surface area contributed by atoms with Gasteiger partial charge in [0, 0.05) is 13.6 Å². The van der Waals surface area contributed by atoms with Crippen LogP contribution < -0.4 is 15.8 Å². The maximum Gasteiger partial charge on any atom is 0.323 e. The first-order chi connectivity index (χ1) is 17.8. The molecule has 3 rings (SSSR count). The van der Waals surface area contributed by atoms with Gasteiger partial charge in [0.2, 0.25) is 18.2 Å². The van der Waals surface area contributed by atoms with Crippen LogP contribution in [0.4, 0.5) is 14.9 Å². The summed E-state index contributed by atoms with van der Waals surface area (Å²) < 4.78 is 19.1. The summed E-state index contributed by atoms with van der Waals surface area (Å²) in [4.78, 5) is 50.8. The molecule has 1 aliphatic rings. The molecule has 11 nitrogen and oxygen atoms in total. The van der Waals surface area contributed by atoms with Gasteiger partial charge in [-0.2, -0.15) is 0 Å². The molecule has 4 amide bonds. The van der Waals surface area contributed by atoms with Crippen LogP contribution in [0.2, 0.25) is 0 Å². The summed E-state index contributed by atoms with van der Waals surface area (Å²) in [6, 6.07) is 5.92. The van der Waals surface area contributed by atoms with Crippen LogP contribution in [0.5, 0.6) is 11.6 Å². The van der Waals surface area contributed by atoms with Gasteiger partial charge in [0.25, 0.3) is 5.91 Å². The van der Waals surface area contributed by atoms with Crippen molar-refractivity contribution in [2.45, 2.75) is 13.3 Å². The molecule has 1 heterocycles. The smallest absolute Gasteiger partial charge is 0.323 e. The lowest BCUT2D eigenvalue weighted by atomic mass is 10.2. The molecular weight excluding hydrogens is 481 g/mol. The van der Waals surface area contributed by atoms with E-state index in [1.807, 2.05) is 0 Å². The van der Waals surface area contributed by atoms with Crippen molar-refractivity contribution >= 4 is 30.0 Å². The molecule has 0 atom stereocenters. The molecule has 0 unspecified atom stereocenters. The number of hydrogen-bond acceptors (Lipinski definition) is 7. The number of rotatable bonds is 8. The summed E-state index contributed by atoms with van der Waals surface area (Å²) in [7, 11) is 1.60. The van der Waals surface area contributed by atoms with Crippen molar-refractivity contribution in [1.82, 2.24) is 25.1 Å². The molecule has 1 aliphatic carbocycles. The van der Waals surface area contributed by atoms with E-state index in [1.54, 1.807) is 50.4 Å². The second-order valence-electron chi connectivity index (χ2n) is 7.75. The third kappa shape index (κ3) is 7.82. The van der Waals surface area contributed by atoms with Crippen LogP contribution in [0.25, 0.3) is 0 Å². The highest BCUT2D eigenvalue weighted by molar-refractivity contribution is 6.01. The third-order valence-corrected chi connectivity index (χ3v) is 5.10. The number of nitrogens with two attached hydrogens (primary N) is 1. The summed E-state index contributed by atoms with van der Waals surface area (Å²) in [6.45, 7) is 2.30. The summed E-state index contributed by atoms with van der Waals surface area (Å²) in [5.74, 6) is -0.666. The Kier molecular flexibility index (Phi) is 9.19. The highest BCUT2D eigenvalue weighted by atomic mass is 19.1. The van der Waals surface area contributed by atoms with Gasteiger partial charge in [-0.3, -0.25) is 24.8 Å². The molecule has 37 heavy (non-hydrogen) atoms. The first-order valence-corrected chi connectivity index (χ1v) is 11.2. The second kappa shape index (κ2) is 12.7. The summed E-state index contributed by atoms with van der Waals surface area (Å²) in [6.07, 6.45) is 9.53. The van der Waals surface area contributed by atoms with Crippen LogP contribution in [-0.4, -0.2) is 64.2 Å². The standard InChI is InChI=1S/C25H26FN7O4/c1-3-32(2)25(36)31-24(33(16-34)15-17-5-4-6-18(26)8-7-17)29-19-9-11-20(12-10-19)37-22-14-28-13-21(30-22)23(27)35/h5-14,16H,3-4,15H2,1-2H3,(H2,27,35)(H,29,31,36). The molecule has 192 valence electrons. The van der Waals surface area contributed by atoms with Crippen molar-refractivity contribution < 1.29 is 23.5 Å². The number of primary amides is 1. The van der Waals surface area contributed by atoms with Gasteiger partial charge in [0.05, 0.1) is 24.6 Å². The van der Waals surface area contributed by atoms with Crippen molar-refractivity contribution in [3.8, 4) is 11.6 Å². The fourth-order valence-electron chi connectivity index (χ4n) is 2.97. The van der Waals surface area contributed by atoms with Gasteiger partial charge in [-0.25, -0.2) is 19.2 Å². The molecule has 12 heteroatoms. The molecule has 2 aromatic rings. The molecule has 0 aliphatic heterocycles. The Labute approximate surface area is 212 Å². The van der Waals surface area contributed by atoms with E-state index in [-0.39, 0.29) is 29.9 Å². The number of benzene rings is 1. The van der Waals surface area contributed by atoms with Gasteiger partial charge in [-0.15, -0.1) is 0 Å². The fraction of sp³-hybridized carbons (Fsp3) is 0.200. The van der Waals surface area contributed by atoms with Crippen LogP contribution in [0.1, 0.15) is 23.8 Å². The molecular formula is C25H26FN7O4. The van der Waals surface area contributed by atoms with E-state index >= 15 is 0 Å². The topological polar surface area (TPSA) is 143 Å². The Morgan fingerprint density at radius 2 is 1.97 bits per heavy atom. The van der Waals surface area contributed by atoms with Gasteiger partial charge >= 0.3 is 6.03 Å². The van der Waals surface area contributed by atoms with Crippen LogP contribution in [0.15, 0.2) is 77.4 Å². The van der Waals surface area contributed by atoms with Gasteiger partial charge < -0.3 is 15.4 Å². The number of aromatic nitrogens is 2. The molecule has 0 saturated heterocycles. The SMILES string of the molecule is CCN(C)C(=O)NC(=Nc1ccc(Oc2cncc(C(N)=O)n2)cc1)N(C=O)CC1=CCC=C(F)C=C1. The number of urea groups is 1. The van der Waals surface area contributed by atoms with Crippen LogP contribution in [0, 0.1) is 0 Å². The monoisotopic (exact) mass is 507 g/mol. The lowest BCUT2D eigenvalue weighted by molar-refractivity contribution is -0.114. The predicted octanol–water partition coefficient (Wildman–Crippen LogP) is 3.21. The van der Waals surface area contributed by atoms with E-state index in [9.17, 15) is 18.8 Å². The van der Waals surface area contributed by atoms with Crippen molar-refractivity contribution in [2.24, 2.45) is 10.7 Å². The summed E-state index contributed by atoms with van der Waals surface area (Å²) in [5, 5.41) is 2.65. The van der Waals surface area contributed by atoms with E-state index < -0.39 is 11.9 Å². The average molecular weight is 508 g/mol. The number of amides is 4. The Bertz CT molecular complexity index is 1270. The molecule has 3 N–H and O–H groups in total. The number of carbonyl (C=O) groups is 3. The number of carbonyl (C=O) groups excluding carboxylic acids is 3. The third-order valence-electron chi connectivity index (χ3n) is 5.10. The lowest BCUT2D eigenvalue weighted by Gasteiger charge is -2.23. The lowest BCUT2D eigenvalue weighted by Crippen LogP contribution is -2.48. The van der Waals surface area contributed by atoms with Crippen LogP contribution >= 0.6 is 0 Å². The van der Waals surface area contributed by atoms with E-state index in [4.69, 9.17) is 10.5 Å². The van der Waals surface area contributed by atoms with Crippen LogP contribution in [-0.2, 0) is 4.79 Å². The second-order valence-corrected chi connectivity index (χ2v) is 7.75.